The molecule has 6 heteroatoms. The third-order valence-electron chi connectivity index (χ3n) is 3.39. The van der Waals surface area contributed by atoms with E-state index in [4.69, 9.17) is 4.74 Å². The van der Waals surface area contributed by atoms with Crippen LogP contribution in [0.3, 0.4) is 0 Å². The maximum absolute atomic E-state index is 12.3. The Morgan fingerprint density at radius 1 is 1.33 bits per heavy atom. The van der Waals surface area contributed by atoms with Gasteiger partial charge in [-0.15, -0.1) is 0 Å². The van der Waals surface area contributed by atoms with Gasteiger partial charge in [0.1, 0.15) is 18.3 Å². The van der Waals surface area contributed by atoms with Crippen LogP contribution >= 0.6 is 0 Å². The second kappa shape index (κ2) is 5.95. The number of rotatable bonds is 3. The summed E-state index contributed by atoms with van der Waals surface area (Å²) in [5.41, 5.74) is 1.09. The van der Waals surface area contributed by atoms with Gasteiger partial charge in [-0.1, -0.05) is 17.7 Å². The van der Waals surface area contributed by atoms with Crippen molar-refractivity contribution in [3.8, 4) is 5.75 Å². The van der Waals surface area contributed by atoms with Crippen LogP contribution in [0.1, 0.15) is 19.4 Å². The molecule has 1 fully saturated rings. The van der Waals surface area contributed by atoms with Gasteiger partial charge < -0.3 is 9.64 Å². The third-order valence-corrected chi connectivity index (χ3v) is 3.39. The van der Waals surface area contributed by atoms with Crippen LogP contribution in [0.25, 0.3) is 0 Å². The number of amides is 3. The number of nitrogens with zero attached hydrogens (tertiary/aromatic N) is 1. The minimum absolute atomic E-state index is 0.132. The van der Waals surface area contributed by atoms with Crippen molar-refractivity contribution < 1.29 is 19.1 Å². The van der Waals surface area contributed by atoms with E-state index in [1.54, 1.807) is 26.0 Å². The van der Waals surface area contributed by atoms with Gasteiger partial charge in [0.05, 0.1) is 0 Å². The number of carbonyl (C=O) groups excluding carboxylic acids is 3. The summed E-state index contributed by atoms with van der Waals surface area (Å²) in [4.78, 5) is 36.5. The zero-order valence-electron chi connectivity index (χ0n) is 12.3. The molecule has 0 aliphatic carbocycles. The van der Waals surface area contributed by atoms with Gasteiger partial charge in [-0.3, -0.25) is 19.7 Å². The SMILES string of the molecule is Cc1ccc(OC(C)C(=O)N2CC(=O)NC(=O)C2C)cc1. The molecule has 112 valence electrons. The summed E-state index contributed by atoms with van der Waals surface area (Å²) in [6.45, 7) is 5.01. The fourth-order valence-corrected chi connectivity index (χ4v) is 2.09. The number of imide groups is 1. The smallest absolute Gasteiger partial charge is 0.264 e. The molecule has 3 amide bonds. The highest BCUT2D eigenvalue weighted by Gasteiger charge is 2.36. The largest absolute Gasteiger partial charge is 0.481 e. The average Bonchev–Trinajstić information content (AvgIpc) is 2.44. The maximum Gasteiger partial charge on any atom is 0.264 e. The molecule has 1 aliphatic rings. The highest BCUT2D eigenvalue weighted by Crippen LogP contribution is 2.15. The van der Waals surface area contributed by atoms with Crippen LogP contribution in [0.5, 0.6) is 5.75 Å². The highest BCUT2D eigenvalue weighted by molar-refractivity contribution is 6.04. The fraction of sp³-hybridized carbons (Fsp3) is 0.400. The Kier molecular flexibility index (Phi) is 4.26. The molecule has 1 heterocycles. The molecule has 6 nitrogen and oxygen atoms in total. The fourth-order valence-electron chi connectivity index (χ4n) is 2.09. The zero-order valence-corrected chi connectivity index (χ0v) is 12.3. The molecule has 0 bridgehead atoms. The summed E-state index contributed by atoms with van der Waals surface area (Å²) >= 11 is 0. The Bertz CT molecular complexity index is 568. The van der Waals surface area contributed by atoms with Gasteiger partial charge in [-0.05, 0) is 32.9 Å². The van der Waals surface area contributed by atoms with Gasteiger partial charge in [0, 0.05) is 0 Å². The van der Waals surface area contributed by atoms with Crippen LogP contribution in [0.15, 0.2) is 24.3 Å². The predicted octanol–water partition coefficient (Wildman–Crippen LogP) is 0.636. The van der Waals surface area contributed by atoms with Crippen LogP contribution in [0, 0.1) is 6.92 Å². The van der Waals surface area contributed by atoms with Crippen LogP contribution in [0.2, 0.25) is 0 Å². The van der Waals surface area contributed by atoms with E-state index >= 15 is 0 Å². The van der Waals surface area contributed by atoms with Crippen molar-refractivity contribution in [1.29, 1.82) is 0 Å². The number of nitrogens with one attached hydrogen (secondary N) is 1. The molecule has 1 N–H and O–H groups in total. The third kappa shape index (κ3) is 3.39. The Balaban J connectivity index is 2.06. The second-order valence-electron chi connectivity index (χ2n) is 5.13. The summed E-state index contributed by atoms with van der Waals surface area (Å²) in [6, 6.07) is 6.63. The normalized spacial score (nSPS) is 20.0. The molecule has 1 aromatic rings. The van der Waals surface area contributed by atoms with Crippen LogP contribution < -0.4 is 10.1 Å². The lowest BCUT2D eigenvalue weighted by molar-refractivity contribution is -0.152. The van der Waals surface area contributed by atoms with Gasteiger partial charge >= 0.3 is 0 Å². The molecule has 0 aromatic heterocycles. The Morgan fingerprint density at radius 2 is 1.95 bits per heavy atom. The highest BCUT2D eigenvalue weighted by atomic mass is 16.5. The van der Waals surface area contributed by atoms with Crippen molar-refractivity contribution in [1.82, 2.24) is 10.2 Å². The molecule has 2 atom stereocenters. The van der Waals surface area contributed by atoms with Crippen molar-refractivity contribution in [3.05, 3.63) is 29.8 Å². The zero-order chi connectivity index (χ0) is 15.6. The first-order chi connectivity index (χ1) is 9.88. The quantitative estimate of drug-likeness (QED) is 0.829. The average molecular weight is 290 g/mol. The molecule has 0 spiro atoms. The van der Waals surface area contributed by atoms with E-state index in [-0.39, 0.29) is 12.5 Å². The minimum atomic E-state index is -0.770. The summed E-state index contributed by atoms with van der Waals surface area (Å²) in [6.07, 6.45) is -0.770. The van der Waals surface area contributed by atoms with Crippen LogP contribution in [-0.4, -0.2) is 41.3 Å². The van der Waals surface area contributed by atoms with Crippen molar-refractivity contribution in [2.75, 3.05) is 6.54 Å². The standard InChI is InChI=1S/C15H18N2O4/c1-9-4-6-12(7-5-9)21-11(3)15(20)17-8-13(18)16-14(19)10(17)2/h4-7,10-11H,8H2,1-3H3,(H,16,18,19). The Hall–Kier alpha value is -2.37. The lowest BCUT2D eigenvalue weighted by Crippen LogP contribution is -2.60. The van der Waals surface area contributed by atoms with Gasteiger partial charge in [0.25, 0.3) is 5.91 Å². The van der Waals surface area contributed by atoms with Crippen LogP contribution in [-0.2, 0) is 14.4 Å². The summed E-state index contributed by atoms with van der Waals surface area (Å²) in [7, 11) is 0. The monoisotopic (exact) mass is 290 g/mol. The van der Waals surface area contributed by atoms with E-state index in [1.807, 2.05) is 19.1 Å². The van der Waals surface area contributed by atoms with Crippen molar-refractivity contribution >= 4 is 17.7 Å². The van der Waals surface area contributed by atoms with Crippen molar-refractivity contribution in [2.45, 2.75) is 32.9 Å². The first kappa shape index (κ1) is 15.0. The summed E-state index contributed by atoms with van der Waals surface area (Å²) in [5, 5.41) is 2.20. The van der Waals surface area contributed by atoms with E-state index in [0.717, 1.165) is 5.56 Å². The van der Waals surface area contributed by atoms with Gasteiger partial charge in [-0.25, -0.2) is 0 Å². The number of piperazine rings is 1. The number of ether oxygens (including phenoxy) is 1. The van der Waals surface area contributed by atoms with Gasteiger partial charge in [0.15, 0.2) is 6.10 Å². The topological polar surface area (TPSA) is 75.7 Å². The van der Waals surface area contributed by atoms with E-state index < -0.39 is 24.0 Å². The number of hydrogen-bond acceptors (Lipinski definition) is 4. The molecule has 2 rings (SSSR count). The molecule has 0 radical (unpaired) electrons. The summed E-state index contributed by atoms with van der Waals surface area (Å²) < 4.78 is 5.57. The molecule has 1 aromatic carbocycles. The number of hydrogen-bond donors (Lipinski definition) is 1. The molecular formula is C15H18N2O4. The van der Waals surface area contributed by atoms with E-state index in [1.165, 1.54) is 4.90 Å². The lowest BCUT2D eigenvalue weighted by atomic mass is 10.1. The van der Waals surface area contributed by atoms with E-state index in [9.17, 15) is 14.4 Å². The lowest BCUT2D eigenvalue weighted by Gasteiger charge is -2.33. The molecule has 21 heavy (non-hydrogen) atoms. The minimum Gasteiger partial charge on any atom is -0.481 e. The van der Waals surface area contributed by atoms with Gasteiger partial charge in [0.2, 0.25) is 11.8 Å². The Morgan fingerprint density at radius 3 is 2.57 bits per heavy atom. The molecule has 1 aliphatic heterocycles. The molecule has 0 saturated carbocycles. The Labute approximate surface area is 123 Å². The van der Waals surface area contributed by atoms with E-state index in [2.05, 4.69) is 5.32 Å². The van der Waals surface area contributed by atoms with Crippen LogP contribution in [0.4, 0.5) is 0 Å². The summed E-state index contributed by atoms with van der Waals surface area (Å²) in [5.74, 6) is -0.760. The van der Waals surface area contributed by atoms with Crippen molar-refractivity contribution in [3.63, 3.8) is 0 Å². The van der Waals surface area contributed by atoms with E-state index in [0.29, 0.717) is 5.75 Å². The molecule has 2 unspecified atom stereocenters. The molecular weight excluding hydrogens is 272 g/mol. The molecule has 1 saturated heterocycles. The van der Waals surface area contributed by atoms with Gasteiger partial charge in [-0.2, -0.15) is 0 Å². The second-order valence-corrected chi connectivity index (χ2v) is 5.13. The first-order valence-corrected chi connectivity index (χ1v) is 6.76. The van der Waals surface area contributed by atoms with Crippen molar-refractivity contribution in [2.24, 2.45) is 0 Å². The number of carbonyl (C=O) groups is 3. The number of aryl methyl sites for hydroxylation is 1. The predicted molar refractivity (Wildman–Crippen MR) is 75.6 cm³/mol. The first-order valence-electron chi connectivity index (χ1n) is 6.76. The number of benzene rings is 1. The maximum atomic E-state index is 12.3.